The molecule has 3 nitrogen and oxygen atoms in total. The van der Waals surface area contributed by atoms with E-state index in [1.165, 1.54) is 0 Å². The van der Waals surface area contributed by atoms with Crippen LogP contribution in [0.25, 0.3) is 10.9 Å². The summed E-state index contributed by atoms with van der Waals surface area (Å²) in [5.74, 6) is 0.559. The van der Waals surface area contributed by atoms with Crippen LogP contribution in [0.3, 0.4) is 0 Å². The molecule has 2 aromatic rings. The van der Waals surface area contributed by atoms with Crippen LogP contribution in [-0.2, 0) is 0 Å². The molecular weight excluding hydrogens is 214 g/mol. The van der Waals surface area contributed by atoms with Crippen molar-refractivity contribution in [3.8, 4) is 5.75 Å². The number of H-pyrrole nitrogens is 1. The molecule has 0 saturated heterocycles. The first-order valence-electron chi connectivity index (χ1n) is 4.49. The Labute approximate surface area is 91.6 Å². The molecule has 0 unspecified atom stereocenters. The number of pyridine rings is 1. The van der Waals surface area contributed by atoms with Gasteiger partial charge in [0.1, 0.15) is 10.8 Å². The second kappa shape index (κ2) is 3.59. The van der Waals surface area contributed by atoms with E-state index in [1.54, 1.807) is 26.2 Å². The van der Waals surface area contributed by atoms with Crippen LogP contribution in [0.2, 0.25) is 5.02 Å². The maximum atomic E-state index is 11.4. The number of halogens is 1. The van der Waals surface area contributed by atoms with E-state index in [2.05, 4.69) is 4.98 Å². The standard InChI is InChI=1S/C11H10ClNO2/c1-6-5-7-3-4-8(15-2)9(12)10(7)13-11(6)14/h3-5H,1-2H3,(H,13,14). The average molecular weight is 224 g/mol. The lowest BCUT2D eigenvalue weighted by Crippen LogP contribution is -2.08. The van der Waals surface area contributed by atoms with Gasteiger partial charge in [0, 0.05) is 10.9 Å². The van der Waals surface area contributed by atoms with Crippen molar-refractivity contribution in [2.45, 2.75) is 6.92 Å². The zero-order valence-electron chi connectivity index (χ0n) is 8.43. The molecule has 1 aromatic heterocycles. The molecular formula is C11H10ClNO2. The van der Waals surface area contributed by atoms with E-state index < -0.39 is 0 Å². The SMILES string of the molecule is COc1ccc2cc(C)c(=O)[nH]c2c1Cl. The van der Waals surface area contributed by atoms with Crippen LogP contribution in [0.15, 0.2) is 23.0 Å². The van der Waals surface area contributed by atoms with Crippen LogP contribution in [0, 0.1) is 6.92 Å². The molecule has 1 heterocycles. The van der Waals surface area contributed by atoms with Crippen molar-refractivity contribution < 1.29 is 4.74 Å². The third-order valence-electron chi connectivity index (χ3n) is 2.33. The summed E-state index contributed by atoms with van der Waals surface area (Å²) in [6.45, 7) is 1.76. The van der Waals surface area contributed by atoms with Gasteiger partial charge in [0.15, 0.2) is 0 Å². The Bertz CT molecular complexity index is 575. The highest BCUT2D eigenvalue weighted by Crippen LogP contribution is 2.30. The lowest BCUT2D eigenvalue weighted by Gasteiger charge is -2.06. The first kappa shape index (κ1) is 10.1. The van der Waals surface area contributed by atoms with E-state index in [9.17, 15) is 4.79 Å². The van der Waals surface area contributed by atoms with Crippen LogP contribution in [0.4, 0.5) is 0 Å². The van der Waals surface area contributed by atoms with Crippen molar-refractivity contribution in [2.24, 2.45) is 0 Å². The quantitative estimate of drug-likeness (QED) is 0.807. The molecule has 0 radical (unpaired) electrons. The largest absolute Gasteiger partial charge is 0.495 e. The fourth-order valence-corrected chi connectivity index (χ4v) is 1.78. The van der Waals surface area contributed by atoms with Gasteiger partial charge < -0.3 is 9.72 Å². The molecule has 0 saturated carbocycles. The predicted octanol–water partition coefficient (Wildman–Crippen LogP) is 2.50. The summed E-state index contributed by atoms with van der Waals surface area (Å²) in [7, 11) is 1.54. The zero-order valence-corrected chi connectivity index (χ0v) is 9.18. The maximum Gasteiger partial charge on any atom is 0.251 e. The lowest BCUT2D eigenvalue weighted by molar-refractivity contribution is 0.415. The fourth-order valence-electron chi connectivity index (χ4n) is 1.49. The number of aryl methyl sites for hydroxylation is 1. The Morgan fingerprint density at radius 1 is 1.40 bits per heavy atom. The second-order valence-electron chi connectivity index (χ2n) is 3.33. The molecule has 0 aliphatic heterocycles. The Morgan fingerprint density at radius 2 is 2.13 bits per heavy atom. The molecule has 0 aliphatic rings. The van der Waals surface area contributed by atoms with Gasteiger partial charge >= 0.3 is 0 Å². The number of aromatic amines is 1. The summed E-state index contributed by atoms with van der Waals surface area (Å²) < 4.78 is 5.07. The average Bonchev–Trinajstić information content (AvgIpc) is 2.22. The number of ether oxygens (including phenoxy) is 1. The molecule has 4 heteroatoms. The van der Waals surface area contributed by atoms with Gasteiger partial charge in [0.25, 0.3) is 5.56 Å². The Kier molecular flexibility index (Phi) is 2.40. The van der Waals surface area contributed by atoms with Crippen LogP contribution < -0.4 is 10.3 Å². The summed E-state index contributed by atoms with van der Waals surface area (Å²) in [5, 5.41) is 1.34. The summed E-state index contributed by atoms with van der Waals surface area (Å²) in [5.41, 5.74) is 1.16. The number of hydrogen-bond acceptors (Lipinski definition) is 2. The van der Waals surface area contributed by atoms with Crippen molar-refractivity contribution in [3.05, 3.63) is 39.1 Å². The van der Waals surface area contributed by atoms with Crippen molar-refractivity contribution >= 4 is 22.5 Å². The number of methoxy groups -OCH3 is 1. The van der Waals surface area contributed by atoms with Crippen LogP contribution in [0.1, 0.15) is 5.56 Å². The molecule has 0 bridgehead atoms. The van der Waals surface area contributed by atoms with E-state index in [0.29, 0.717) is 21.9 Å². The number of benzene rings is 1. The van der Waals surface area contributed by atoms with Gasteiger partial charge in [-0.25, -0.2) is 0 Å². The molecule has 1 aromatic carbocycles. The highest BCUT2D eigenvalue weighted by atomic mass is 35.5. The summed E-state index contributed by atoms with van der Waals surface area (Å²) in [6, 6.07) is 5.45. The van der Waals surface area contributed by atoms with Gasteiger partial charge in [-0.2, -0.15) is 0 Å². The molecule has 0 atom stereocenters. The number of hydrogen-bond donors (Lipinski definition) is 1. The van der Waals surface area contributed by atoms with E-state index in [4.69, 9.17) is 16.3 Å². The number of fused-ring (bicyclic) bond motifs is 1. The van der Waals surface area contributed by atoms with Gasteiger partial charge in [0.2, 0.25) is 0 Å². The van der Waals surface area contributed by atoms with E-state index >= 15 is 0 Å². The van der Waals surface area contributed by atoms with Gasteiger partial charge in [0.05, 0.1) is 12.6 Å². The molecule has 78 valence electrons. The number of aromatic nitrogens is 1. The Morgan fingerprint density at radius 3 is 2.80 bits per heavy atom. The number of nitrogens with one attached hydrogen (secondary N) is 1. The Balaban J connectivity index is 2.87. The first-order chi connectivity index (χ1) is 7.13. The van der Waals surface area contributed by atoms with Crippen molar-refractivity contribution in [1.82, 2.24) is 4.98 Å². The molecule has 0 amide bonds. The van der Waals surface area contributed by atoms with Crippen LogP contribution >= 0.6 is 11.6 Å². The van der Waals surface area contributed by atoms with Gasteiger partial charge in [-0.3, -0.25) is 4.79 Å². The van der Waals surface area contributed by atoms with E-state index in [-0.39, 0.29) is 5.56 Å². The molecule has 0 fully saturated rings. The third-order valence-corrected chi connectivity index (χ3v) is 2.70. The molecule has 15 heavy (non-hydrogen) atoms. The highest BCUT2D eigenvalue weighted by molar-refractivity contribution is 6.36. The predicted molar refractivity (Wildman–Crippen MR) is 60.9 cm³/mol. The maximum absolute atomic E-state index is 11.4. The topological polar surface area (TPSA) is 42.1 Å². The van der Waals surface area contributed by atoms with Crippen molar-refractivity contribution in [3.63, 3.8) is 0 Å². The smallest absolute Gasteiger partial charge is 0.251 e. The summed E-state index contributed by atoms with van der Waals surface area (Å²) in [4.78, 5) is 14.2. The minimum atomic E-state index is -0.127. The minimum Gasteiger partial charge on any atom is -0.495 e. The lowest BCUT2D eigenvalue weighted by atomic mass is 10.1. The normalized spacial score (nSPS) is 10.6. The van der Waals surface area contributed by atoms with Crippen molar-refractivity contribution in [1.29, 1.82) is 0 Å². The van der Waals surface area contributed by atoms with E-state index in [0.717, 1.165) is 5.39 Å². The monoisotopic (exact) mass is 223 g/mol. The summed E-state index contributed by atoms with van der Waals surface area (Å²) in [6.07, 6.45) is 0. The van der Waals surface area contributed by atoms with Gasteiger partial charge in [-0.1, -0.05) is 11.6 Å². The highest BCUT2D eigenvalue weighted by Gasteiger charge is 2.07. The third kappa shape index (κ3) is 1.59. The van der Waals surface area contributed by atoms with Crippen LogP contribution in [-0.4, -0.2) is 12.1 Å². The zero-order chi connectivity index (χ0) is 11.0. The fraction of sp³-hybridized carbons (Fsp3) is 0.182. The molecule has 2 rings (SSSR count). The summed E-state index contributed by atoms with van der Waals surface area (Å²) >= 11 is 6.07. The first-order valence-corrected chi connectivity index (χ1v) is 4.87. The number of rotatable bonds is 1. The van der Waals surface area contributed by atoms with Gasteiger partial charge in [-0.05, 0) is 25.1 Å². The minimum absolute atomic E-state index is 0.127. The van der Waals surface area contributed by atoms with E-state index in [1.807, 2.05) is 6.07 Å². The molecule has 0 aliphatic carbocycles. The molecule has 0 spiro atoms. The van der Waals surface area contributed by atoms with Gasteiger partial charge in [-0.15, -0.1) is 0 Å². The Hall–Kier alpha value is -1.48. The second-order valence-corrected chi connectivity index (χ2v) is 3.71. The van der Waals surface area contributed by atoms with Crippen LogP contribution in [0.5, 0.6) is 5.75 Å². The molecule has 1 N–H and O–H groups in total. The van der Waals surface area contributed by atoms with Crippen molar-refractivity contribution in [2.75, 3.05) is 7.11 Å².